The molecule has 0 spiro atoms. The first-order valence-corrected chi connectivity index (χ1v) is 6.31. The van der Waals surface area contributed by atoms with Gasteiger partial charge in [-0.3, -0.25) is 0 Å². The van der Waals surface area contributed by atoms with Crippen LogP contribution in [0.25, 0.3) is 0 Å². The summed E-state index contributed by atoms with van der Waals surface area (Å²) < 4.78 is 10.6. The van der Waals surface area contributed by atoms with Gasteiger partial charge < -0.3 is 19.8 Å². The fourth-order valence-electron chi connectivity index (χ4n) is 2.53. The maximum absolute atomic E-state index is 5.36. The van der Waals surface area contributed by atoms with Gasteiger partial charge in [0.05, 0.1) is 32.3 Å². The largest absolute Gasteiger partial charge is 0.493 e. The first-order valence-electron chi connectivity index (χ1n) is 6.31. The first-order chi connectivity index (χ1) is 9.33. The van der Waals surface area contributed by atoms with Crippen molar-refractivity contribution in [3.63, 3.8) is 0 Å². The fourth-order valence-corrected chi connectivity index (χ4v) is 2.53. The van der Waals surface area contributed by atoms with Crippen LogP contribution in [-0.4, -0.2) is 30.7 Å². The Morgan fingerprint density at radius 1 is 1.21 bits per heavy atom. The zero-order chi connectivity index (χ0) is 13.2. The average molecular weight is 259 g/mol. The van der Waals surface area contributed by atoms with Gasteiger partial charge in [0.2, 0.25) is 0 Å². The van der Waals surface area contributed by atoms with Gasteiger partial charge in [0.15, 0.2) is 11.5 Å². The van der Waals surface area contributed by atoms with Gasteiger partial charge in [0, 0.05) is 18.7 Å². The van der Waals surface area contributed by atoms with E-state index >= 15 is 0 Å². The van der Waals surface area contributed by atoms with Crippen molar-refractivity contribution in [2.45, 2.75) is 12.5 Å². The van der Waals surface area contributed by atoms with Gasteiger partial charge in [-0.1, -0.05) is 6.07 Å². The smallest absolute Gasteiger partial charge is 0.161 e. The van der Waals surface area contributed by atoms with Crippen LogP contribution in [0, 0.1) is 0 Å². The zero-order valence-electron chi connectivity index (χ0n) is 11.1. The molecule has 1 aromatic carbocycles. The van der Waals surface area contributed by atoms with Crippen LogP contribution in [0.4, 0.5) is 0 Å². The second-order valence-electron chi connectivity index (χ2n) is 4.52. The van der Waals surface area contributed by atoms with Gasteiger partial charge in [-0.05, 0) is 17.7 Å². The maximum Gasteiger partial charge on any atom is 0.161 e. The molecule has 5 heteroatoms. The number of aromatic nitrogens is 2. The zero-order valence-corrected chi connectivity index (χ0v) is 11.1. The summed E-state index contributed by atoms with van der Waals surface area (Å²) in [5.41, 5.74) is 3.41. The van der Waals surface area contributed by atoms with E-state index in [0.29, 0.717) is 0 Å². The lowest BCUT2D eigenvalue weighted by atomic mass is 9.97. The molecule has 2 heterocycles. The summed E-state index contributed by atoms with van der Waals surface area (Å²) in [4.78, 5) is 7.62. The van der Waals surface area contributed by atoms with Crippen molar-refractivity contribution in [1.29, 1.82) is 0 Å². The van der Waals surface area contributed by atoms with E-state index in [1.165, 1.54) is 5.69 Å². The lowest BCUT2D eigenvalue weighted by Crippen LogP contribution is -2.30. The van der Waals surface area contributed by atoms with Gasteiger partial charge in [0.1, 0.15) is 0 Å². The summed E-state index contributed by atoms with van der Waals surface area (Å²) in [7, 11) is 3.29. The molecular weight excluding hydrogens is 242 g/mol. The average Bonchev–Trinajstić information content (AvgIpc) is 2.94. The predicted octanol–water partition coefficient (Wildman–Crippen LogP) is 1.66. The molecule has 2 aromatic rings. The molecule has 0 radical (unpaired) electrons. The number of ether oxygens (including phenoxy) is 2. The van der Waals surface area contributed by atoms with Crippen LogP contribution in [0.5, 0.6) is 11.5 Å². The first kappa shape index (κ1) is 12.0. The number of hydrogen-bond acceptors (Lipinski definition) is 4. The number of aromatic amines is 1. The van der Waals surface area contributed by atoms with Gasteiger partial charge >= 0.3 is 0 Å². The number of benzene rings is 1. The van der Waals surface area contributed by atoms with Crippen molar-refractivity contribution < 1.29 is 9.47 Å². The number of H-pyrrole nitrogens is 1. The Bertz CT molecular complexity index is 580. The van der Waals surface area contributed by atoms with Gasteiger partial charge in [0.25, 0.3) is 0 Å². The summed E-state index contributed by atoms with van der Waals surface area (Å²) >= 11 is 0. The Balaban J connectivity index is 2.00. The second kappa shape index (κ2) is 4.93. The Morgan fingerprint density at radius 2 is 2.05 bits per heavy atom. The van der Waals surface area contributed by atoms with Crippen LogP contribution in [0.3, 0.4) is 0 Å². The predicted molar refractivity (Wildman–Crippen MR) is 71.7 cm³/mol. The van der Waals surface area contributed by atoms with E-state index in [-0.39, 0.29) is 6.04 Å². The molecule has 3 rings (SSSR count). The van der Waals surface area contributed by atoms with Crippen LogP contribution >= 0.6 is 0 Å². The third-order valence-electron chi connectivity index (χ3n) is 3.49. The maximum atomic E-state index is 5.36. The number of fused-ring (bicyclic) bond motifs is 1. The number of hydrogen-bond donors (Lipinski definition) is 2. The lowest BCUT2D eigenvalue weighted by molar-refractivity contribution is 0.354. The highest BCUT2D eigenvalue weighted by atomic mass is 16.5. The highest BCUT2D eigenvalue weighted by Gasteiger charge is 2.24. The molecule has 5 nitrogen and oxygen atoms in total. The Kier molecular flexibility index (Phi) is 3.13. The quantitative estimate of drug-likeness (QED) is 0.880. The molecule has 0 saturated heterocycles. The second-order valence-corrected chi connectivity index (χ2v) is 4.52. The standard InChI is InChI=1S/C14H17N3O2/c1-18-11-4-3-9(7-12(11)19-2)13-14-10(5-6-15-13)16-8-17-14/h3-4,7-8,13,15H,5-6H2,1-2H3,(H,16,17)/t13-/m0/s1. The molecule has 0 amide bonds. The number of nitrogens with zero attached hydrogens (tertiary/aromatic N) is 1. The van der Waals surface area contributed by atoms with Crippen LogP contribution in [-0.2, 0) is 6.42 Å². The number of methoxy groups -OCH3 is 2. The van der Waals surface area contributed by atoms with E-state index in [4.69, 9.17) is 9.47 Å². The number of rotatable bonds is 3. The van der Waals surface area contributed by atoms with Crippen molar-refractivity contribution in [1.82, 2.24) is 15.3 Å². The number of imidazole rings is 1. The highest BCUT2D eigenvalue weighted by molar-refractivity contribution is 5.46. The van der Waals surface area contributed by atoms with E-state index in [2.05, 4.69) is 15.3 Å². The van der Waals surface area contributed by atoms with Crippen LogP contribution < -0.4 is 14.8 Å². The molecule has 100 valence electrons. The third-order valence-corrected chi connectivity index (χ3v) is 3.49. The minimum Gasteiger partial charge on any atom is -0.493 e. The Labute approximate surface area is 112 Å². The molecule has 1 aliphatic heterocycles. The Morgan fingerprint density at radius 3 is 2.84 bits per heavy atom. The van der Waals surface area contributed by atoms with Crippen LogP contribution in [0.15, 0.2) is 24.5 Å². The van der Waals surface area contributed by atoms with Gasteiger partial charge in [-0.25, -0.2) is 4.98 Å². The Hall–Kier alpha value is -2.01. The SMILES string of the molecule is COc1ccc([C@@H]2NCCc3[nH]cnc32)cc1OC. The van der Waals surface area contributed by atoms with Crippen molar-refractivity contribution in [2.75, 3.05) is 20.8 Å². The highest BCUT2D eigenvalue weighted by Crippen LogP contribution is 2.33. The van der Waals surface area contributed by atoms with Crippen molar-refractivity contribution in [3.05, 3.63) is 41.5 Å². The molecule has 0 unspecified atom stereocenters. The summed E-state index contributed by atoms with van der Waals surface area (Å²) in [5.74, 6) is 1.48. The lowest BCUT2D eigenvalue weighted by Gasteiger charge is -2.24. The topological polar surface area (TPSA) is 59.2 Å². The van der Waals surface area contributed by atoms with Crippen molar-refractivity contribution in [3.8, 4) is 11.5 Å². The molecule has 0 bridgehead atoms. The fraction of sp³-hybridized carbons (Fsp3) is 0.357. The molecule has 1 atom stereocenters. The third kappa shape index (κ3) is 2.06. The molecule has 0 fully saturated rings. The van der Waals surface area contributed by atoms with Crippen LogP contribution in [0.2, 0.25) is 0 Å². The van der Waals surface area contributed by atoms with Gasteiger partial charge in [-0.2, -0.15) is 0 Å². The summed E-state index contributed by atoms with van der Waals surface area (Å²) in [6.07, 6.45) is 2.74. The molecular formula is C14H17N3O2. The summed E-state index contributed by atoms with van der Waals surface area (Å²) in [5, 5.41) is 3.49. The number of nitrogens with one attached hydrogen (secondary N) is 2. The van der Waals surface area contributed by atoms with Crippen molar-refractivity contribution >= 4 is 0 Å². The molecule has 2 N–H and O–H groups in total. The van der Waals surface area contributed by atoms with Crippen LogP contribution in [0.1, 0.15) is 23.0 Å². The molecule has 0 saturated carbocycles. The van der Waals surface area contributed by atoms with E-state index in [1.54, 1.807) is 20.5 Å². The monoisotopic (exact) mass is 259 g/mol. The molecule has 1 aromatic heterocycles. The summed E-state index contributed by atoms with van der Waals surface area (Å²) in [6.45, 7) is 0.939. The molecule has 0 aliphatic carbocycles. The minimum absolute atomic E-state index is 0.106. The van der Waals surface area contributed by atoms with E-state index in [1.807, 2.05) is 18.2 Å². The van der Waals surface area contributed by atoms with E-state index in [9.17, 15) is 0 Å². The van der Waals surface area contributed by atoms with Crippen molar-refractivity contribution in [2.24, 2.45) is 0 Å². The molecule has 1 aliphatic rings. The normalized spacial score (nSPS) is 17.9. The summed E-state index contributed by atoms with van der Waals surface area (Å²) in [6, 6.07) is 6.08. The van der Waals surface area contributed by atoms with E-state index < -0.39 is 0 Å². The minimum atomic E-state index is 0.106. The molecule has 19 heavy (non-hydrogen) atoms. The van der Waals surface area contributed by atoms with Gasteiger partial charge in [-0.15, -0.1) is 0 Å². The van der Waals surface area contributed by atoms with E-state index in [0.717, 1.165) is 35.7 Å².